The molecular weight excluding hydrogens is 182 g/mol. The Kier molecular flexibility index (Phi) is 2.27. The number of rotatable bonds is 2. The molecule has 1 aromatic carbocycles. The van der Waals surface area contributed by atoms with E-state index in [0.717, 1.165) is 5.75 Å². The van der Waals surface area contributed by atoms with E-state index in [2.05, 4.69) is 4.37 Å². The molecule has 0 radical (unpaired) electrons. The molecule has 2 rings (SSSR count). The van der Waals surface area contributed by atoms with Gasteiger partial charge in [0.2, 0.25) is 0 Å². The Morgan fingerprint density at radius 2 is 1.92 bits per heavy atom. The van der Waals surface area contributed by atoms with E-state index in [1.54, 1.807) is 7.11 Å². The van der Waals surface area contributed by atoms with Crippen molar-refractivity contribution in [1.29, 1.82) is 0 Å². The van der Waals surface area contributed by atoms with Gasteiger partial charge in [0.15, 0.2) is 0 Å². The summed E-state index contributed by atoms with van der Waals surface area (Å²) in [5.41, 5.74) is 1.18. The molecule has 0 amide bonds. The average molecular weight is 191 g/mol. The van der Waals surface area contributed by atoms with Gasteiger partial charge in [-0.3, -0.25) is 0 Å². The van der Waals surface area contributed by atoms with Gasteiger partial charge in [0, 0.05) is 6.20 Å². The second-order valence-electron chi connectivity index (χ2n) is 2.61. The Morgan fingerprint density at radius 1 is 1.15 bits per heavy atom. The maximum atomic E-state index is 5.07. The maximum absolute atomic E-state index is 5.07. The summed E-state index contributed by atoms with van der Waals surface area (Å²) >= 11 is 1.50. The zero-order valence-electron chi connectivity index (χ0n) is 7.23. The molecule has 2 nitrogen and oxygen atoms in total. The fraction of sp³-hybridized carbons (Fsp3) is 0.100. The van der Waals surface area contributed by atoms with Crippen LogP contribution in [0.5, 0.6) is 5.75 Å². The molecule has 0 bridgehead atoms. The molecule has 0 fully saturated rings. The molecule has 0 saturated heterocycles. The molecule has 0 atom stereocenters. The lowest BCUT2D eigenvalue weighted by Gasteiger charge is -1.99. The van der Waals surface area contributed by atoms with Crippen LogP contribution in [-0.4, -0.2) is 11.5 Å². The Labute approximate surface area is 81.0 Å². The maximum Gasteiger partial charge on any atom is 0.118 e. The predicted octanol–water partition coefficient (Wildman–Crippen LogP) is 2.82. The number of nitrogens with zero attached hydrogens (tertiary/aromatic N) is 1. The monoisotopic (exact) mass is 191 g/mol. The van der Waals surface area contributed by atoms with E-state index in [4.69, 9.17) is 4.74 Å². The van der Waals surface area contributed by atoms with Crippen molar-refractivity contribution in [3.8, 4) is 16.2 Å². The van der Waals surface area contributed by atoms with Crippen molar-refractivity contribution in [1.82, 2.24) is 4.37 Å². The number of hydrogen-bond donors (Lipinski definition) is 0. The van der Waals surface area contributed by atoms with Crippen LogP contribution in [0.3, 0.4) is 0 Å². The lowest BCUT2D eigenvalue weighted by molar-refractivity contribution is 0.415. The first kappa shape index (κ1) is 8.26. The summed E-state index contributed by atoms with van der Waals surface area (Å²) in [7, 11) is 1.67. The second-order valence-corrected chi connectivity index (χ2v) is 3.44. The molecule has 0 saturated carbocycles. The fourth-order valence-electron chi connectivity index (χ4n) is 1.12. The lowest BCUT2D eigenvalue weighted by Crippen LogP contribution is -1.81. The molecule has 0 N–H and O–H groups in total. The average Bonchev–Trinajstić information content (AvgIpc) is 2.71. The van der Waals surface area contributed by atoms with Crippen molar-refractivity contribution in [2.75, 3.05) is 7.11 Å². The van der Waals surface area contributed by atoms with Crippen molar-refractivity contribution in [2.24, 2.45) is 0 Å². The first-order chi connectivity index (χ1) is 6.40. The van der Waals surface area contributed by atoms with Crippen molar-refractivity contribution in [3.63, 3.8) is 0 Å². The number of benzene rings is 1. The quantitative estimate of drug-likeness (QED) is 0.728. The van der Waals surface area contributed by atoms with Gasteiger partial charge in [-0.15, -0.1) is 0 Å². The van der Waals surface area contributed by atoms with E-state index in [1.165, 1.54) is 22.0 Å². The van der Waals surface area contributed by atoms with Gasteiger partial charge < -0.3 is 4.74 Å². The van der Waals surface area contributed by atoms with E-state index in [1.807, 2.05) is 36.5 Å². The van der Waals surface area contributed by atoms with Gasteiger partial charge in [0.1, 0.15) is 5.75 Å². The van der Waals surface area contributed by atoms with Gasteiger partial charge in [-0.1, -0.05) is 0 Å². The topological polar surface area (TPSA) is 22.1 Å². The molecule has 0 unspecified atom stereocenters. The summed E-state index contributed by atoms with van der Waals surface area (Å²) in [6.07, 6.45) is 1.81. The zero-order valence-corrected chi connectivity index (χ0v) is 8.04. The zero-order chi connectivity index (χ0) is 9.10. The number of methoxy groups -OCH3 is 1. The molecule has 13 heavy (non-hydrogen) atoms. The summed E-state index contributed by atoms with van der Waals surface area (Å²) in [5.74, 6) is 0.883. The molecule has 0 spiro atoms. The molecule has 66 valence electrons. The third-order valence-electron chi connectivity index (χ3n) is 1.81. The van der Waals surface area contributed by atoms with Gasteiger partial charge in [0.05, 0.1) is 12.0 Å². The minimum Gasteiger partial charge on any atom is -0.497 e. The van der Waals surface area contributed by atoms with Crippen LogP contribution in [0, 0.1) is 0 Å². The van der Waals surface area contributed by atoms with Crippen molar-refractivity contribution >= 4 is 11.5 Å². The summed E-state index contributed by atoms with van der Waals surface area (Å²) in [6.45, 7) is 0. The van der Waals surface area contributed by atoms with E-state index in [-0.39, 0.29) is 0 Å². The van der Waals surface area contributed by atoms with E-state index in [0.29, 0.717) is 0 Å². The SMILES string of the molecule is COc1ccc(-c2ccns2)cc1. The Bertz CT molecular complexity index is 366. The van der Waals surface area contributed by atoms with Gasteiger partial charge in [0.25, 0.3) is 0 Å². The number of ether oxygens (including phenoxy) is 1. The minimum atomic E-state index is 0.883. The summed E-state index contributed by atoms with van der Waals surface area (Å²) in [5, 5.41) is 0. The first-order valence-corrected chi connectivity index (χ1v) is 4.72. The van der Waals surface area contributed by atoms with E-state index >= 15 is 0 Å². The van der Waals surface area contributed by atoms with E-state index < -0.39 is 0 Å². The van der Waals surface area contributed by atoms with Crippen LogP contribution in [0.1, 0.15) is 0 Å². The van der Waals surface area contributed by atoms with Crippen LogP contribution in [0.25, 0.3) is 10.4 Å². The van der Waals surface area contributed by atoms with Crippen LogP contribution in [0.15, 0.2) is 36.5 Å². The van der Waals surface area contributed by atoms with Gasteiger partial charge in [-0.05, 0) is 47.4 Å². The van der Waals surface area contributed by atoms with Crippen LogP contribution >= 0.6 is 11.5 Å². The van der Waals surface area contributed by atoms with Crippen LogP contribution < -0.4 is 4.74 Å². The second kappa shape index (κ2) is 3.58. The third-order valence-corrected chi connectivity index (χ3v) is 2.61. The van der Waals surface area contributed by atoms with Crippen LogP contribution in [0.4, 0.5) is 0 Å². The molecular formula is C10H9NOS. The molecule has 0 aliphatic carbocycles. The van der Waals surface area contributed by atoms with Gasteiger partial charge >= 0.3 is 0 Å². The van der Waals surface area contributed by atoms with Crippen LogP contribution in [0.2, 0.25) is 0 Å². The van der Waals surface area contributed by atoms with E-state index in [9.17, 15) is 0 Å². The summed E-state index contributed by atoms with van der Waals surface area (Å²) < 4.78 is 9.13. The Balaban J connectivity index is 2.33. The molecule has 0 aliphatic heterocycles. The molecule has 0 aliphatic rings. The molecule has 3 heteroatoms. The standard InChI is InChI=1S/C10H9NOS/c1-12-9-4-2-8(3-5-9)10-6-7-11-13-10/h2-7H,1H3. The first-order valence-electron chi connectivity index (χ1n) is 3.95. The number of aromatic nitrogens is 1. The third kappa shape index (κ3) is 1.70. The van der Waals surface area contributed by atoms with Crippen LogP contribution in [-0.2, 0) is 0 Å². The Morgan fingerprint density at radius 3 is 2.46 bits per heavy atom. The largest absolute Gasteiger partial charge is 0.497 e. The normalized spacial score (nSPS) is 9.92. The molecule has 2 aromatic rings. The fourth-order valence-corrected chi connectivity index (χ4v) is 1.72. The van der Waals surface area contributed by atoms with Gasteiger partial charge in [-0.2, -0.15) is 0 Å². The minimum absolute atomic E-state index is 0.883. The molecule has 1 heterocycles. The highest BCUT2D eigenvalue weighted by Gasteiger charge is 1.98. The van der Waals surface area contributed by atoms with Gasteiger partial charge in [-0.25, -0.2) is 4.37 Å². The highest BCUT2D eigenvalue weighted by atomic mass is 32.1. The highest BCUT2D eigenvalue weighted by Crippen LogP contribution is 2.24. The highest BCUT2D eigenvalue weighted by molar-refractivity contribution is 7.09. The molecule has 1 aromatic heterocycles. The number of hydrogen-bond acceptors (Lipinski definition) is 3. The van der Waals surface area contributed by atoms with Crippen molar-refractivity contribution in [2.45, 2.75) is 0 Å². The van der Waals surface area contributed by atoms with Crippen molar-refractivity contribution in [3.05, 3.63) is 36.5 Å². The van der Waals surface area contributed by atoms with Crippen molar-refractivity contribution < 1.29 is 4.74 Å². The summed E-state index contributed by atoms with van der Waals surface area (Å²) in [6, 6.07) is 9.98. The predicted molar refractivity (Wildman–Crippen MR) is 54.1 cm³/mol. The Hall–Kier alpha value is -1.35. The smallest absolute Gasteiger partial charge is 0.118 e. The lowest BCUT2D eigenvalue weighted by atomic mass is 10.2. The summed E-state index contributed by atoms with van der Waals surface area (Å²) in [4.78, 5) is 1.18.